The average Bonchev–Trinajstić information content (AvgIpc) is 3.56. The number of ether oxygens (including phenoxy) is 1. The summed E-state index contributed by atoms with van der Waals surface area (Å²) in [6.07, 6.45) is 7.08. The van der Waals surface area contributed by atoms with E-state index < -0.39 is 0 Å². The van der Waals surface area contributed by atoms with Crippen molar-refractivity contribution in [3.05, 3.63) is 53.2 Å². The van der Waals surface area contributed by atoms with Gasteiger partial charge in [-0.15, -0.1) is 0 Å². The van der Waals surface area contributed by atoms with Crippen LogP contribution in [0.15, 0.2) is 36.4 Å². The molecule has 3 fully saturated rings. The van der Waals surface area contributed by atoms with Gasteiger partial charge in [0.05, 0.1) is 18.3 Å². The van der Waals surface area contributed by atoms with Gasteiger partial charge in [0.2, 0.25) is 0 Å². The molecule has 2 bridgehead atoms. The summed E-state index contributed by atoms with van der Waals surface area (Å²) in [6.45, 7) is 5.41. The van der Waals surface area contributed by atoms with E-state index in [2.05, 4.69) is 69.5 Å². The number of nitriles is 1. The minimum Gasteiger partial charge on any atom is -0.462 e. The van der Waals surface area contributed by atoms with Crippen LogP contribution in [0.5, 0.6) is 6.01 Å². The van der Waals surface area contributed by atoms with Gasteiger partial charge in [0, 0.05) is 60.8 Å². The second kappa shape index (κ2) is 10.9. The van der Waals surface area contributed by atoms with E-state index in [9.17, 15) is 5.26 Å². The minimum atomic E-state index is 0.428. The number of likely N-dealkylation sites (N-methyl/N-ethyl adjacent to an activating group) is 1. The molecular formula is C32H39N7O. The van der Waals surface area contributed by atoms with Gasteiger partial charge in [0.25, 0.3) is 0 Å². The topological polar surface area (TPSA) is 80.6 Å². The number of aromatic nitrogens is 2. The average molecular weight is 538 g/mol. The normalized spacial score (nSPS) is 24.4. The van der Waals surface area contributed by atoms with E-state index in [0.717, 1.165) is 57.1 Å². The lowest BCUT2D eigenvalue weighted by atomic mass is 9.97. The van der Waals surface area contributed by atoms with Gasteiger partial charge in [-0.1, -0.05) is 30.3 Å². The van der Waals surface area contributed by atoms with Crippen LogP contribution in [0.1, 0.15) is 48.9 Å². The minimum absolute atomic E-state index is 0.428. The van der Waals surface area contributed by atoms with Gasteiger partial charge in [-0.3, -0.25) is 0 Å². The van der Waals surface area contributed by atoms with E-state index in [0.29, 0.717) is 37.2 Å². The molecule has 0 spiro atoms. The predicted octanol–water partition coefficient (Wildman–Crippen LogP) is 4.06. The maximum Gasteiger partial charge on any atom is 0.318 e. The molecule has 4 aliphatic heterocycles. The van der Waals surface area contributed by atoms with Gasteiger partial charge in [0.1, 0.15) is 12.4 Å². The zero-order valence-electron chi connectivity index (χ0n) is 23.5. The largest absolute Gasteiger partial charge is 0.462 e. The van der Waals surface area contributed by atoms with Crippen LogP contribution in [0.25, 0.3) is 10.8 Å². The van der Waals surface area contributed by atoms with Crippen LogP contribution in [-0.4, -0.2) is 72.8 Å². The first-order valence-corrected chi connectivity index (χ1v) is 15.0. The number of piperazine rings is 1. The van der Waals surface area contributed by atoms with E-state index in [-0.39, 0.29) is 0 Å². The van der Waals surface area contributed by atoms with Crippen LogP contribution in [0, 0.1) is 11.3 Å². The van der Waals surface area contributed by atoms with E-state index >= 15 is 0 Å². The Labute approximate surface area is 236 Å². The van der Waals surface area contributed by atoms with Crippen molar-refractivity contribution in [2.75, 3.05) is 49.6 Å². The quantitative estimate of drug-likeness (QED) is 0.483. The fraction of sp³-hybridized carbons (Fsp3) is 0.531. The molecule has 1 aromatic heterocycles. The smallest absolute Gasteiger partial charge is 0.318 e. The number of likely N-dealkylation sites (tertiary alicyclic amines) is 1. The molecule has 3 aromatic rings. The van der Waals surface area contributed by atoms with Gasteiger partial charge < -0.3 is 24.8 Å². The first kappa shape index (κ1) is 25.6. The van der Waals surface area contributed by atoms with Crippen molar-refractivity contribution in [3.63, 3.8) is 0 Å². The number of hydrogen-bond donors (Lipinski definition) is 1. The molecule has 1 N–H and O–H groups in total. The van der Waals surface area contributed by atoms with Crippen molar-refractivity contribution >= 4 is 22.3 Å². The van der Waals surface area contributed by atoms with E-state index in [1.165, 1.54) is 53.3 Å². The summed E-state index contributed by atoms with van der Waals surface area (Å²) < 4.78 is 6.35. The van der Waals surface area contributed by atoms with Crippen LogP contribution in [0.4, 0.5) is 11.5 Å². The van der Waals surface area contributed by atoms with Crippen LogP contribution >= 0.6 is 0 Å². The van der Waals surface area contributed by atoms with Gasteiger partial charge in [-0.2, -0.15) is 15.2 Å². The third-order valence-electron chi connectivity index (χ3n) is 9.43. The summed E-state index contributed by atoms with van der Waals surface area (Å²) in [6, 6.07) is 17.4. The maximum absolute atomic E-state index is 9.25. The maximum atomic E-state index is 9.25. The first-order valence-electron chi connectivity index (χ1n) is 15.0. The molecular weight excluding hydrogens is 498 g/mol. The van der Waals surface area contributed by atoms with Crippen molar-refractivity contribution in [1.29, 1.82) is 5.26 Å². The number of aryl methyl sites for hydroxylation is 1. The lowest BCUT2D eigenvalue weighted by Crippen LogP contribution is -2.52. The number of nitrogens with one attached hydrogen (secondary N) is 1. The Bertz CT molecular complexity index is 1420. The second-order valence-electron chi connectivity index (χ2n) is 12.0. The molecule has 0 radical (unpaired) electrons. The summed E-state index contributed by atoms with van der Waals surface area (Å²) in [5.74, 6) is 1.09. The highest BCUT2D eigenvalue weighted by atomic mass is 16.5. The standard InChI is InChI=1S/C32H39N7O/c1-37-16-5-10-26(37)21-40-32-35-28-20-38(29-11-3-8-22-6-2-7-23(30(22)29)9-4-15-33)17-14-27(28)31(36-32)39-18-24-12-13-25(19-39)34-24/h2-3,6-8,11,24-26,34H,4-5,9-10,12-14,16-21H2,1H3/t24-,25+,26?. The van der Waals surface area contributed by atoms with Crippen molar-refractivity contribution in [3.8, 4) is 12.1 Å². The molecule has 8 heteroatoms. The molecule has 208 valence electrons. The molecule has 3 atom stereocenters. The highest BCUT2D eigenvalue weighted by molar-refractivity contribution is 5.97. The van der Waals surface area contributed by atoms with Gasteiger partial charge in [0.15, 0.2) is 0 Å². The Kier molecular flexibility index (Phi) is 6.94. The Morgan fingerprint density at radius 1 is 1.02 bits per heavy atom. The molecule has 1 unspecified atom stereocenters. The van der Waals surface area contributed by atoms with Crippen LogP contribution in [-0.2, 0) is 19.4 Å². The zero-order chi connectivity index (χ0) is 27.1. The van der Waals surface area contributed by atoms with Gasteiger partial charge in [-0.25, -0.2) is 0 Å². The van der Waals surface area contributed by atoms with Crippen molar-refractivity contribution in [2.45, 2.75) is 69.6 Å². The summed E-state index contributed by atoms with van der Waals surface area (Å²) in [4.78, 5) is 17.5. The summed E-state index contributed by atoms with van der Waals surface area (Å²) >= 11 is 0. The molecule has 8 nitrogen and oxygen atoms in total. The second-order valence-corrected chi connectivity index (χ2v) is 12.0. The molecule has 5 heterocycles. The van der Waals surface area contributed by atoms with Crippen LogP contribution in [0.2, 0.25) is 0 Å². The lowest BCUT2D eigenvalue weighted by molar-refractivity contribution is 0.187. The first-order chi connectivity index (χ1) is 19.7. The molecule has 40 heavy (non-hydrogen) atoms. The van der Waals surface area contributed by atoms with Crippen molar-refractivity contribution in [2.24, 2.45) is 0 Å². The Hall–Kier alpha value is -3.41. The SMILES string of the molecule is CN1CCCC1COc1nc2c(c(N3C[C@H]4CC[C@@H](C3)N4)n1)CCN(c1cccc3cccc(CCC#N)c13)C2. The third kappa shape index (κ3) is 4.86. The number of nitrogens with zero attached hydrogens (tertiary/aromatic N) is 6. The van der Waals surface area contributed by atoms with E-state index in [1.54, 1.807) is 0 Å². The van der Waals surface area contributed by atoms with Crippen LogP contribution in [0.3, 0.4) is 0 Å². The van der Waals surface area contributed by atoms with Crippen molar-refractivity contribution in [1.82, 2.24) is 20.2 Å². The van der Waals surface area contributed by atoms with Gasteiger partial charge >= 0.3 is 6.01 Å². The molecule has 0 saturated carbocycles. The van der Waals surface area contributed by atoms with Crippen LogP contribution < -0.4 is 19.9 Å². The zero-order valence-corrected chi connectivity index (χ0v) is 23.5. The molecule has 7 rings (SSSR count). The molecule has 3 saturated heterocycles. The Morgan fingerprint density at radius 2 is 1.85 bits per heavy atom. The highest BCUT2D eigenvalue weighted by Gasteiger charge is 2.35. The lowest BCUT2D eigenvalue weighted by Gasteiger charge is -2.37. The number of hydrogen-bond acceptors (Lipinski definition) is 8. The molecule has 0 amide bonds. The van der Waals surface area contributed by atoms with Crippen molar-refractivity contribution < 1.29 is 4.74 Å². The summed E-state index contributed by atoms with van der Waals surface area (Å²) in [5.41, 5.74) is 4.84. The molecule has 2 aromatic carbocycles. The molecule has 4 aliphatic rings. The summed E-state index contributed by atoms with van der Waals surface area (Å²) in [7, 11) is 2.18. The highest BCUT2D eigenvalue weighted by Crippen LogP contribution is 2.37. The monoisotopic (exact) mass is 537 g/mol. The fourth-order valence-electron chi connectivity index (χ4n) is 7.31. The number of fused-ring (bicyclic) bond motifs is 4. The Balaban J connectivity index is 1.23. The van der Waals surface area contributed by atoms with E-state index in [1.807, 2.05) is 0 Å². The number of anilines is 2. The number of rotatable bonds is 7. The van der Waals surface area contributed by atoms with Gasteiger partial charge in [-0.05, 0) is 69.1 Å². The van der Waals surface area contributed by atoms with E-state index in [4.69, 9.17) is 14.7 Å². The Morgan fingerprint density at radius 3 is 2.62 bits per heavy atom. The third-order valence-corrected chi connectivity index (χ3v) is 9.43. The predicted molar refractivity (Wildman–Crippen MR) is 158 cm³/mol. The summed E-state index contributed by atoms with van der Waals surface area (Å²) in [5, 5.41) is 15.5. The number of benzene rings is 2. The fourth-order valence-corrected chi connectivity index (χ4v) is 7.31. The molecule has 0 aliphatic carbocycles.